The Balaban J connectivity index is 2.13. The van der Waals surface area contributed by atoms with Gasteiger partial charge in [-0.1, -0.05) is 6.07 Å². The highest BCUT2D eigenvalue weighted by Gasteiger charge is 2.30. The highest BCUT2D eigenvalue weighted by atomic mass is 19.3. The number of fused-ring (bicyclic) bond motifs is 1. The molecule has 3 rings (SSSR count). The second-order valence-electron chi connectivity index (χ2n) is 4.66. The standard InChI is InChI=1S/C12H12BF2N3O2/c14-12(15)8-4-1-3-7(16-8)11-10(13(19)20)9-5-2-6-18(9)17-11/h1,3-4,12,19-20H,2,5-6H2. The molecule has 1 aliphatic heterocycles. The lowest BCUT2D eigenvalue weighted by Crippen LogP contribution is -2.33. The number of alkyl halides is 2. The van der Waals surface area contributed by atoms with Crippen LogP contribution in [0.25, 0.3) is 11.4 Å². The number of hydrogen-bond acceptors (Lipinski definition) is 4. The first kappa shape index (κ1) is 13.2. The summed E-state index contributed by atoms with van der Waals surface area (Å²) < 4.78 is 27.1. The van der Waals surface area contributed by atoms with E-state index in [4.69, 9.17) is 0 Å². The molecule has 0 saturated heterocycles. The zero-order valence-electron chi connectivity index (χ0n) is 10.5. The zero-order valence-corrected chi connectivity index (χ0v) is 10.5. The quantitative estimate of drug-likeness (QED) is 0.803. The van der Waals surface area contributed by atoms with Crippen LogP contribution in [0.1, 0.15) is 24.2 Å². The Morgan fingerprint density at radius 3 is 2.80 bits per heavy atom. The Kier molecular flexibility index (Phi) is 3.27. The van der Waals surface area contributed by atoms with Gasteiger partial charge in [-0.05, 0) is 25.0 Å². The number of nitrogens with zero attached hydrogens (tertiary/aromatic N) is 3. The summed E-state index contributed by atoms with van der Waals surface area (Å²) in [6.45, 7) is 0.684. The summed E-state index contributed by atoms with van der Waals surface area (Å²) in [5, 5.41) is 23.3. The molecule has 0 saturated carbocycles. The lowest BCUT2D eigenvalue weighted by molar-refractivity contribution is 0.146. The molecule has 2 aromatic heterocycles. The number of halogens is 2. The fourth-order valence-corrected chi connectivity index (χ4v) is 2.52. The molecule has 8 heteroatoms. The molecule has 0 aromatic carbocycles. The summed E-state index contributed by atoms with van der Waals surface area (Å²) in [6.07, 6.45) is -1.10. The van der Waals surface area contributed by atoms with E-state index in [-0.39, 0.29) is 22.5 Å². The van der Waals surface area contributed by atoms with Gasteiger partial charge in [0.15, 0.2) is 0 Å². The van der Waals surface area contributed by atoms with Gasteiger partial charge >= 0.3 is 7.12 Å². The van der Waals surface area contributed by atoms with Crippen molar-refractivity contribution in [1.82, 2.24) is 14.8 Å². The number of aryl methyl sites for hydroxylation is 1. The molecule has 0 fully saturated rings. The number of pyridine rings is 1. The predicted molar refractivity (Wildman–Crippen MR) is 68.6 cm³/mol. The van der Waals surface area contributed by atoms with Crippen LogP contribution in [0.4, 0.5) is 8.78 Å². The number of aromatic nitrogens is 3. The van der Waals surface area contributed by atoms with Crippen LogP contribution in [0, 0.1) is 0 Å². The van der Waals surface area contributed by atoms with Crippen molar-refractivity contribution >= 4 is 12.6 Å². The van der Waals surface area contributed by atoms with Crippen LogP contribution in [-0.4, -0.2) is 31.9 Å². The SMILES string of the molecule is OB(O)c1c(-c2cccc(C(F)F)n2)nn2c1CCC2. The van der Waals surface area contributed by atoms with Gasteiger partial charge < -0.3 is 10.0 Å². The first-order valence-electron chi connectivity index (χ1n) is 6.29. The molecule has 20 heavy (non-hydrogen) atoms. The van der Waals surface area contributed by atoms with Gasteiger partial charge in [0.1, 0.15) is 11.4 Å². The van der Waals surface area contributed by atoms with Crippen molar-refractivity contribution in [3.8, 4) is 11.4 Å². The van der Waals surface area contributed by atoms with Crippen LogP contribution in [0.5, 0.6) is 0 Å². The monoisotopic (exact) mass is 279 g/mol. The molecule has 0 unspecified atom stereocenters. The lowest BCUT2D eigenvalue weighted by atomic mass is 9.77. The van der Waals surface area contributed by atoms with E-state index in [1.165, 1.54) is 18.2 Å². The highest BCUT2D eigenvalue weighted by molar-refractivity contribution is 6.61. The normalized spacial score (nSPS) is 13.8. The van der Waals surface area contributed by atoms with Crippen LogP contribution in [-0.2, 0) is 13.0 Å². The van der Waals surface area contributed by atoms with Gasteiger partial charge in [-0.3, -0.25) is 4.68 Å². The Bertz CT molecular complexity index is 646. The van der Waals surface area contributed by atoms with Gasteiger partial charge in [-0.2, -0.15) is 5.10 Å². The summed E-state index contributed by atoms with van der Waals surface area (Å²) in [5.41, 5.74) is 1.14. The molecule has 2 aromatic rings. The smallest absolute Gasteiger partial charge is 0.423 e. The van der Waals surface area contributed by atoms with Crippen molar-refractivity contribution in [2.24, 2.45) is 0 Å². The van der Waals surface area contributed by atoms with Gasteiger partial charge in [-0.25, -0.2) is 13.8 Å². The van der Waals surface area contributed by atoms with Crippen LogP contribution in [0.2, 0.25) is 0 Å². The predicted octanol–water partition coefficient (Wildman–Crippen LogP) is 0.509. The molecule has 0 spiro atoms. The van der Waals surface area contributed by atoms with E-state index < -0.39 is 13.5 Å². The minimum absolute atomic E-state index is 0.229. The minimum Gasteiger partial charge on any atom is -0.423 e. The molecule has 0 radical (unpaired) electrons. The van der Waals surface area contributed by atoms with E-state index >= 15 is 0 Å². The molecular formula is C12H12BF2N3O2. The maximum Gasteiger partial charge on any atom is 0.492 e. The zero-order chi connectivity index (χ0) is 14.3. The third kappa shape index (κ3) is 2.10. The second kappa shape index (κ2) is 4.95. The van der Waals surface area contributed by atoms with Crippen LogP contribution in [0.3, 0.4) is 0 Å². The largest absolute Gasteiger partial charge is 0.492 e. The average molecular weight is 279 g/mol. The van der Waals surface area contributed by atoms with Crippen LogP contribution in [0.15, 0.2) is 18.2 Å². The third-order valence-corrected chi connectivity index (χ3v) is 3.38. The fourth-order valence-electron chi connectivity index (χ4n) is 2.52. The summed E-state index contributed by atoms with van der Waals surface area (Å²) in [5.74, 6) is 0. The van der Waals surface area contributed by atoms with Crippen molar-refractivity contribution in [1.29, 1.82) is 0 Å². The van der Waals surface area contributed by atoms with Gasteiger partial charge in [0.25, 0.3) is 6.43 Å². The highest BCUT2D eigenvalue weighted by Crippen LogP contribution is 2.23. The maximum atomic E-state index is 12.7. The molecule has 5 nitrogen and oxygen atoms in total. The maximum absolute atomic E-state index is 12.7. The van der Waals surface area contributed by atoms with Crippen molar-refractivity contribution in [3.63, 3.8) is 0 Å². The molecular weight excluding hydrogens is 267 g/mol. The molecule has 104 valence electrons. The minimum atomic E-state index is -2.67. The van der Waals surface area contributed by atoms with Crippen molar-refractivity contribution in [2.75, 3.05) is 0 Å². The van der Waals surface area contributed by atoms with E-state index in [2.05, 4.69) is 10.1 Å². The van der Waals surface area contributed by atoms with Crippen molar-refractivity contribution in [2.45, 2.75) is 25.8 Å². The van der Waals surface area contributed by atoms with Crippen molar-refractivity contribution in [3.05, 3.63) is 29.6 Å². The number of rotatable bonds is 3. The van der Waals surface area contributed by atoms with Crippen molar-refractivity contribution < 1.29 is 18.8 Å². The van der Waals surface area contributed by atoms with Crippen LogP contribution >= 0.6 is 0 Å². The van der Waals surface area contributed by atoms with Gasteiger partial charge in [0, 0.05) is 17.7 Å². The molecule has 0 aliphatic carbocycles. The summed E-state index contributed by atoms with van der Waals surface area (Å²) in [6, 6.07) is 4.23. The Morgan fingerprint density at radius 1 is 1.30 bits per heavy atom. The first-order valence-corrected chi connectivity index (χ1v) is 6.29. The molecule has 3 heterocycles. The van der Waals surface area contributed by atoms with E-state index in [9.17, 15) is 18.8 Å². The number of hydrogen-bond donors (Lipinski definition) is 2. The van der Waals surface area contributed by atoms with Gasteiger partial charge in [0.2, 0.25) is 0 Å². The summed E-state index contributed by atoms with van der Waals surface area (Å²) in [7, 11) is -1.69. The van der Waals surface area contributed by atoms with E-state index in [0.717, 1.165) is 12.1 Å². The molecule has 0 amide bonds. The Hall–Kier alpha value is -1.80. The first-order chi connectivity index (χ1) is 9.58. The summed E-state index contributed by atoms with van der Waals surface area (Å²) >= 11 is 0. The van der Waals surface area contributed by atoms with Crippen LogP contribution < -0.4 is 5.46 Å². The topological polar surface area (TPSA) is 71.2 Å². The van der Waals surface area contributed by atoms with E-state index in [1.807, 2.05) is 0 Å². The summed E-state index contributed by atoms with van der Waals surface area (Å²) in [4.78, 5) is 3.85. The molecule has 0 atom stereocenters. The van der Waals surface area contributed by atoms with Gasteiger partial charge in [-0.15, -0.1) is 0 Å². The van der Waals surface area contributed by atoms with Gasteiger partial charge in [0.05, 0.1) is 5.69 Å². The molecule has 1 aliphatic rings. The average Bonchev–Trinajstić information content (AvgIpc) is 2.97. The third-order valence-electron chi connectivity index (χ3n) is 3.38. The Morgan fingerprint density at radius 2 is 2.10 bits per heavy atom. The molecule has 2 N–H and O–H groups in total. The van der Waals surface area contributed by atoms with E-state index in [1.54, 1.807) is 4.68 Å². The Labute approximate surface area is 114 Å². The second-order valence-corrected chi connectivity index (χ2v) is 4.66. The molecule has 0 bridgehead atoms. The van der Waals surface area contributed by atoms with E-state index in [0.29, 0.717) is 13.0 Å². The fraction of sp³-hybridized carbons (Fsp3) is 0.333. The lowest BCUT2D eigenvalue weighted by Gasteiger charge is -2.05.